The number of ketones is 1. The Hall–Kier alpha value is -2.81. The quantitative estimate of drug-likeness (QED) is 0.565. The zero-order valence-electron chi connectivity index (χ0n) is 15.1. The van der Waals surface area contributed by atoms with Crippen molar-refractivity contribution in [1.82, 2.24) is 0 Å². The number of allylic oxidation sites excluding steroid dienone is 2. The smallest absolute Gasteiger partial charge is 0.232 e. The maximum Gasteiger partial charge on any atom is 0.232 e. The van der Waals surface area contributed by atoms with Gasteiger partial charge in [-0.05, 0) is 62.6 Å². The molecule has 0 N–H and O–H groups in total. The van der Waals surface area contributed by atoms with E-state index >= 15 is 0 Å². The maximum absolute atomic E-state index is 12.7. The van der Waals surface area contributed by atoms with E-state index in [0.717, 1.165) is 16.7 Å². The molecular formula is C22H22O3. The molecule has 0 fully saturated rings. The number of aryl methyl sites for hydroxylation is 2. The molecule has 25 heavy (non-hydrogen) atoms. The van der Waals surface area contributed by atoms with E-state index in [0.29, 0.717) is 29.4 Å². The number of fused-ring (bicyclic) bond motifs is 1. The van der Waals surface area contributed by atoms with Crippen LogP contribution in [0.1, 0.15) is 40.9 Å². The van der Waals surface area contributed by atoms with Gasteiger partial charge in [-0.1, -0.05) is 29.8 Å². The highest BCUT2D eigenvalue weighted by Crippen LogP contribution is 2.37. The van der Waals surface area contributed by atoms with E-state index in [1.54, 1.807) is 12.1 Å². The summed E-state index contributed by atoms with van der Waals surface area (Å²) >= 11 is 0. The predicted octanol–water partition coefficient (Wildman–Crippen LogP) is 5.26. The molecule has 0 spiro atoms. The van der Waals surface area contributed by atoms with Gasteiger partial charge in [-0.3, -0.25) is 4.79 Å². The normalized spacial score (nSPS) is 14.2. The number of Topliss-reactive ketones (excluding diaryl/α,β-unsaturated/α-hetero) is 1. The summed E-state index contributed by atoms with van der Waals surface area (Å²) in [7, 11) is 0. The lowest BCUT2D eigenvalue weighted by Crippen LogP contribution is -2.00. The molecule has 0 radical (unpaired) electrons. The van der Waals surface area contributed by atoms with E-state index in [9.17, 15) is 4.79 Å². The van der Waals surface area contributed by atoms with Gasteiger partial charge in [-0.2, -0.15) is 0 Å². The molecule has 2 aromatic rings. The summed E-state index contributed by atoms with van der Waals surface area (Å²) in [5, 5.41) is 0. The SMILES string of the molecule is CC(C)=CCOc1cc(C)c2c(c1)O/C(=C\c1ccccc1C)C2=O. The van der Waals surface area contributed by atoms with Crippen molar-refractivity contribution in [2.75, 3.05) is 6.61 Å². The number of benzene rings is 2. The summed E-state index contributed by atoms with van der Waals surface area (Å²) in [6.07, 6.45) is 3.82. The van der Waals surface area contributed by atoms with Crippen molar-refractivity contribution >= 4 is 11.9 Å². The van der Waals surface area contributed by atoms with Crippen LogP contribution in [0, 0.1) is 13.8 Å². The van der Waals surface area contributed by atoms with Crippen molar-refractivity contribution in [3.63, 3.8) is 0 Å². The molecule has 0 saturated heterocycles. The van der Waals surface area contributed by atoms with Crippen LogP contribution in [0.25, 0.3) is 6.08 Å². The van der Waals surface area contributed by atoms with Crippen molar-refractivity contribution in [3.8, 4) is 11.5 Å². The van der Waals surface area contributed by atoms with Crippen LogP contribution in [-0.4, -0.2) is 12.4 Å². The lowest BCUT2D eigenvalue weighted by atomic mass is 10.0. The molecular weight excluding hydrogens is 312 g/mol. The molecule has 1 heterocycles. The van der Waals surface area contributed by atoms with Gasteiger partial charge in [-0.15, -0.1) is 0 Å². The second kappa shape index (κ2) is 6.98. The lowest BCUT2D eigenvalue weighted by Gasteiger charge is -2.07. The summed E-state index contributed by atoms with van der Waals surface area (Å²) in [6.45, 7) is 8.48. The molecule has 1 aliphatic heterocycles. The fraction of sp³-hybridized carbons (Fsp3) is 0.227. The third-order valence-corrected chi connectivity index (χ3v) is 4.16. The minimum absolute atomic E-state index is 0.0772. The summed E-state index contributed by atoms with van der Waals surface area (Å²) in [6, 6.07) is 11.6. The zero-order chi connectivity index (χ0) is 18.0. The van der Waals surface area contributed by atoms with Crippen LogP contribution in [0.2, 0.25) is 0 Å². The number of hydrogen-bond acceptors (Lipinski definition) is 3. The highest BCUT2D eigenvalue weighted by atomic mass is 16.5. The second-order valence-electron chi connectivity index (χ2n) is 6.50. The highest BCUT2D eigenvalue weighted by molar-refractivity contribution is 6.15. The summed E-state index contributed by atoms with van der Waals surface area (Å²) in [5.41, 5.74) is 4.77. The van der Waals surface area contributed by atoms with Crippen molar-refractivity contribution in [2.24, 2.45) is 0 Å². The van der Waals surface area contributed by atoms with E-state index in [4.69, 9.17) is 9.47 Å². The fourth-order valence-electron chi connectivity index (χ4n) is 2.76. The minimum atomic E-state index is -0.0772. The van der Waals surface area contributed by atoms with Crippen LogP contribution in [0.15, 0.2) is 53.8 Å². The Balaban J connectivity index is 1.89. The maximum atomic E-state index is 12.7. The molecule has 128 valence electrons. The first-order chi connectivity index (χ1) is 12.0. The number of hydrogen-bond donors (Lipinski definition) is 0. The van der Waals surface area contributed by atoms with Crippen LogP contribution in [0.4, 0.5) is 0 Å². The van der Waals surface area contributed by atoms with Crippen LogP contribution in [-0.2, 0) is 0 Å². The van der Waals surface area contributed by atoms with E-state index < -0.39 is 0 Å². The Bertz CT molecular complexity index is 884. The summed E-state index contributed by atoms with van der Waals surface area (Å²) < 4.78 is 11.6. The first-order valence-electron chi connectivity index (χ1n) is 8.36. The van der Waals surface area contributed by atoms with E-state index in [-0.39, 0.29) is 5.78 Å². The van der Waals surface area contributed by atoms with Gasteiger partial charge in [0.2, 0.25) is 5.78 Å². The van der Waals surface area contributed by atoms with Crippen LogP contribution >= 0.6 is 0 Å². The van der Waals surface area contributed by atoms with Crippen LogP contribution < -0.4 is 9.47 Å². The number of carbonyl (C=O) groups excluding carboxylic acids is 1. The van der Waals surface area contributed by atoms with Crippen molar-refractivity contribution < 1.29 is 14.3 Å². The molecule has 0 amide bonds. The van der Waals surface area contributed by atoms with Gasteiger partial charge in [-0.25, -0.2) is 0 Å². The van der Waals surface area contributed by atoms with Gasteiger partial charge in [0.1, 0.15) is 18.1 Å². The number of rotatable bonds is 4. The third kappa shape index (κ3) is 3.66. The highest BCUT2D eigenvalue weighted by Gasteiger charge is 2.30. The van der Waals surface area contributed by atoms with Crippen molar-refractivity contribution in [3.05, 3.63) is 76.1 Å². The number of carbonyl (C=O) groups is 1. The average molecular weight is 334 g/mol. The zero-order valence-corrected chi connectivity index (χ0v) is 15.1. The molecule has 0 saturated carbocycles. The third-order valence-electron chi connectivity index (χ3n) is 4.16. The van der Waals surface area contributed by atoms with Gasteiger partial charge in [0.05, 0.1) is 5.56 Å². The summed E-state index contributed by atoms with van der Waals surface area (Å²) in [5.74, 6) is 1.55. The largest absolute Gasteiger partial charge is 0.489 e. The first-order valence-corrected chi connectivity index (χ1v) is 8.36. The molecule has 0 unspecified atom stereocenters. The van der Waals surface area contributed by atoms with Crippen molar-refractivity contribution in [2.45, 2.75) is 27.7 Å². The predicted molar refractivity (Wildman–Crippen MR) is 100 cm³/mol. The molecule has 3 heteroatoms. The Labute approximate surface area is 148 Å². The average Bonchev–Trinajstić information content (AvgIpc) is 2.86. The Morgan fingerprint density at radius 1 is 1.12 bits per heavy atom. The van der Waals surface area contributed by atoms with Gasteiger partial charge in [0, 0.05) is 6.07 Å². The van der Waals surface area contributed by atoms with Gasteiger partial charge >= 0.3 is 0 Å². The van der Waals surface area contributed by atoms with E-state index in [1.165, 1.54) is 5.57 Å². The Morgan fingerprint density at radius 2 is 1.88 bits per heavy atom. The number of ether oxygens (including phenoxy) is 2. The Kier molecular flexibility index (Phi) is 4.75. The monoisotopic (exact) mass is 334 g/mol. The fourth-order valence-corrected chi connectivity index (χ4v) is 2.76. The van der Waals surface area contributed by atoms with Crippen LogP contribution in [0.3, 0.4) is 0 Å². The van der Waals surface area contributed by atoms with Gasteiger partial charge in [0.25, 0.3) is 0 Å². The molecule has 0 aromatic heterocycles. The molecule has 3 nitrogen and oxygen atoms in total. The lowest BCUT2D eigenvalue weighted by molar-refractivity contribution is 0.101. The van der Waals surface area contributed by atoms with E-state index in [2.05, 4.69) is 0 Å². The molecule has 0 atom stereocenters. The molecule has 3 rings (SSSR count). The minimum Gasteiger partial charge on any atom is -0.489 e. The molecule has 1 aliphatic rings. The first kappa shape index (κ1) is 17.0. The standard InChI is InChI=1S/C22H22O3/c1-14(2)9-10-24-18-11-16(4)21-19(13-18)25-20(22(21)23)12-17-8-6-5-7-15(17)3/h5-9,11-13H,10H2,1-4H3/b20-12-. The van der Waals surface area contributed by atoms with Gasteiger partial charge in [0.15, 0.2) is 5.76 Å². The summed E-state index contributed by atoms with van der Waals surface area (Å²) in [4.78, 5) is 12.7. The topological polar surface area (TPSA) is 35.5 Å². The molecule has 2 aromatic carbocycles. The molecule has 0 bridgehead atoms. The molecule has 0 aliphatic carbocycles. The Morgan fingerprint density at radius 3 is 2.60 bits per heavy atom. The van der Waals surface area contributed by atoms with Gasteiger partial charge < -0.3 is 9.47 Å². The second-order valence-corrected chi connectivity index (χ2v) is 6.50. The van der Waals surface area contributed by atoms with Crippen LogP contribution in [0.5, 0.6) is 11.5 Å². The van der Waals surface area contributed by atoms with E-state index in [1.807, 2.05) is 64.1 Å². The van der Waals surface area contributed by atoms with Crippen molar-refractivity contribution in [1.29, 1.82) is 0 Å².